The maximum atomic E-state index is 12.5. The van der Waals surface area contributed by atoms with E-state index in [9.17, 15) is 4.79 Å². The molecule has 0 unspecified atom stereocenters. The molecule has 0 bridgehead atoms. The minimum atomic E-state index is -0.321. The van der Waals surface area contributed by atoms with Gasteiger partial charge < -0.3 is 9.47 Å². The Morgan fingerprint density at radius 2 is 1.88 bits per heavy atom. The highest BCUT2D eigenvalue weighted by atomic mass is 35.5. The summed E-state index contributed by atoms with van der Waals surface area (Å²) in [4.78, 5) is 12.5. The highest BCUT2D eigenvalue weighted by Gasteiger charge is 2.15. The van der Waals surface area contributed by atoms with Crippen molar-refractivity contribution in [2.45, 2.75) is 6.42 Å². The van der Waals surface area contributed by atoms with Crippen molar-refractivity contribution in [3.05, 3.63) is 63.6 Å². The Bertz CT molecular complexity index is 912. The molecule has 0 aliphatic heterocycles. The van der Waals surface area contributed by atoms with Crippen LogP contribution in [0.3, 0.4) is 0 Å². The Hall–Kier alpha value is -2.64. The number of amides is 1. The van der Waals surface area contributed by atoms with Crippen LogP contribution in [0.4, 0.5) is 5.13 Å². The van der Waals surface area contributed by atoms with E-state index in [1.54, 1.807) is 25.3 Å². The monoisotopic (exact) mass is 389 g/mol. The Balaban J connectivity index is 1.70. The van der Waals surface area contributed by atoms with Crippen molar-refractivity contribution in [1.82, 2.24) is 10.2 Å². The van der Waals surface area contributed by atoms with Gasteiger partial charge in [0.1, 0.15) is 16.5 Å². The topological polar surface area (TPSA) is 73.3 Å². The van der Waals surface area contributed by atoms with Gasteiger partial charge in [-0.1, -0.05) is 35.1 Å². The van der Waals surface area contributed by atoms with Gasteiger partial charge in [0.25, 0.3) is 5.91 Å². The molecule has 1 aromatic heterocycles. The predicted molar refractivity (Wildman–Crippen MR) is 102 cm³/mol. The van der Waals surface area contributed by atoms with Gasteiger partial charge in [-0.15, -0.1) is 10.2 Å². The number of halogens is 1. The lowest BCUT2D eigenvalue weighted by molar-refractivity contribution is 0.102. The van der Waals surface area contributed by atoms with Gasteiger partial charge in [0, 0.05) is 17.5 Å². The van der Waals surface area contributed by atoms with Gasteiger partial charge in [-0.3, -0.25) is 10.1 Å². The average molecular weight is 390 g/mol. The summed E-state index contributed by atoms with van der Waals surface area (Å²) in [6.07, 6.45) is 0.622. The molecular formula is C18H16ClN3O3S. The number of benzene rings is 2. The van der Waals surface area contributed by atoms with Gasteiger partial charge >= 0.3 is 0 Å². The third-order valence-corrected chi connectivity index (χ3v) is 4.70. The molecule has 1 amide bonds. The van der Waals surface area contributed by atoms with E-state index in [0.29, 0.717) is 33.6 Å². The van der Waals surface area contributed by atoms with Gasteiger partial charge in [-0.2, -0.15) is 0 Å². The van der Waals surface area contributed by atoms with E-state index in [0.717, 1.165) is 10.6 Å². The van der Waals surface area contributed by atoms with Crippen molar-refractivity contribution in [2.75, 3.05) is 19.5 Å². The van der Waals surface area contributed by atoms with Gasteiger partial charge in [0.05, 0.1) is 19.8 Å². The average Bonchev–Trinajstić information content (AvgIpc) is 3.09. The molecule has 0 aliphatic carbocycles. The number of carbonyl (C=O) groups is 1. The van der Waals surface area contributed by atoms with E-state index in [-0.39, 0.29) is 5.91 Å². The number of anilines is 1. The molecule has 0 spiro atoms. The van der Waals surface area contributed by atoms with Crippen molar-refractivity contribution in [1.29, 1.82) is 0 Å². The normalized spacial score (nSPS) is 10.4. The molecule has 3 aromatic rings. The second kappa shape index (κ2) is 8.16. The van der Waals surface area contributed by atoms with Crippen LogP contribution in [0.2, 0.25) is 5.02 Å². The number of rotatable bonds is 6. The number of ether oxygens (including phenoxy) is 2. The Labute approximate surface area is 159 Å². The summed E-state index contributed by atoms with van der Waals surface area (Å²) >= 11 is 7.21. The number of nitrogens with zero attached hydrogens (tertiary/aromatic N) is 2. The molecule has 1 N–H and O–H groups in total. The molecule has 0 saturated carbocycles. The molecule has 1 heterocycles. The first-order chi connectivity index (χ1) is 12.6. The van der Waals surface area contributed by atoms with Crippen LogP contribution in [0.25, 0.3) is 0 Å². The van der Waals surface area contributed by atoms with Crippen LogP contribution in [-0.4, -0.2) is 30.3 Å². The Kier molecular flexibility index (Phi) is 5.70. The van der Waals surface area contributed by atoms with Crippen LogP contribution in [0.1, 0.15) is 20.9 Å². The first kappa shape index (κ1) is 18.2. The van der Waals surface area contributed by atoms with Gasteiger partial charge in [-0.05, 0) is 29.8 Å². The minimum absolute atomic E-state index is 0.321. The number of aromatic nitrogens is 2. The highest BCUT2D eigenvalue weighted by molar-refractivity contribution is 7.15. The molecule has 0 fully saturated rings. The zero-order valence-electron chi connectivity index (χ0n) is 14.2. The van der Waals surface area contributed by atoms with E-state index in [1.807, 2.05) is 24.3 Å². The van der Waals surface area contributed by atoms with Crippen LogP contribution >= 0.6 is 22.9 Å². The summed E-state index contributed by atoms with van der Waals surface area (Å²) < 4.78 is 10.4. The Morgan fingerprint density at radius 3 is 2.58 bits per heavy atom. The molecule has 134 valence electrons. The maximum absolute atomic E-state index is 12.5. The predicted octanol–water partition coefficient (Wildman–Crippen LogP) is 4.05. The van der Waals surface area contributed by atoms with E-state index in [1.165, 1.54) is 18.4 Å². The molecule has 6 nitrogen and oxygen atoms in total. The quantitative estimate of drug-likeness (QED) is 0.688. The maximum Gasteiger partial charge on any atom is 0.261 e. The zero-order chi connectivity index (χ0) is 18.5. The van der Waals surface area contributed by atoms with Gasteiger partial charge in [0.2, 0.25) is 5.13 Å². The third kappa shape index (κ3) is 4.30. The molecule has 8 heteroatoms. The summed E-state index contributed by atoms with van der Waals surface area (Å²) in [5.41, 5.74) is 1.46. The fourth-order valence-electron chi connectivity index (χ4n) is 2.30. The van der Waals surface area contributed by atoms with Crippen LogP contribution in [0.5, 0.6) is 11.5 Å². The fraction of sp³-hybridized carbons (Fsp3) is 0.167. The lowest BCUT2D eigenvalue weighted by Gasteiger charge is -2.09. The van der Waals surface area contributed by atoms with Crippen molar-refractivity contribution in [3.8, 4) is 11.5 Å². The summed E-state index contributed by atoms with van der Waals surface area (Å²) in [6, 6.07) is 12.5. The van der Waals surface area contributed by atoms with Crippen LogP contribution in [0.15, 0.2) is 42.5 Å². The minimum Gasteiger partial charge on any atom is -0.497 e. The first-order valence-electron chi connectivity index (χ1n) is 7.69. The molecule has 3 rings (SSSR count). The molecule has 26 heavy (non-hydrogen) atoms. The number of carbonyl (C=O) groups excluding carboxylic acids is 1. The van der Waals surface area contributed by atoms with E-state index < -0.39 is 0 Å². The van der Waals surface area contributed by atoms with Crippen molar-refractivity contribution < 1.29 is 14.3 Å². The molecule has 0 aliphatic rings. The summed E-state index contributed by atoms with van der Waals surface area (Å²) in [6.45, 7) is 0. The first-order valence-corrected chi connectivity index (χ1v) is 8.88. The van der Waals surface area contributed by atoms with E-state index in [4.69, 9.17) is 21.1 Å². The lowest BCUT2D eigenvalue weighted by Crippen LogP contribution is -2.13. The van der Waals surface area contributed by atoms with Crippen LogP contribution in [0, 0.1) is 0 Å². The number of nitrogens with one attached hydrogen (secondary N) is 1. The molecular weight excluding hydrogens is 374 g/mol. The Morgan fingerprint density at radius 1 is 1.12 bits per heavy atom. The second-order valence-corrected chi connectivity index (χ2v) is 6.82. The molecule has 0 saturated heterocycles. The zero-order valence-corrected chi connectivity index (χ0v) is 15.7. The highest BCUT2D eigenvalue weighted by Crippen LogP contribution is 2.26. The number of hydrogen-bond donors (Lipinski definition) is 1. The fourth-order valence-corrected chi connectivity index (χ4v) is 3.20. The standard InChI is InChI=1S/C18H16ClN3O3S/c1-24-13-7-8-14(15(10-13)25-2)17(23)20-18-22-21-16(26-18)9-11-3-5-12(19)6-4-11/h3-8,10H,9H2,1-2H3,(H,20,22,23). The number of methoxy groups -OCH3 is 2. The van der Waals surface area contributed by atoms with Crippen molar-refractivity contribution >= 4 is 34.0 Å². The van der Waals surface area contributed by atoms with Gasteiger partial charge in [0.15, 0.2) is 0 Å². The summed E-state index contributed by atoms with van der Waals surface area (Å²) in [7, 11) is 3.05. The molecule has 2 aromatic carbocycles. The second-order valence-electron chi connectivity index (χ2n) is 5.32. The molecule has 0 atom stereocenters. The van der Waals surface area contributed by atoms with Gasteiger partial charge in [-0.25, -0.2) is 0 Å². The third-order valence-electron chi connectivity index (χ3n) is 3.61. The lowest BCUT2D eigenvalue weighted by atomic mass is 10.2. The SMILES string of the molecule is COc1ccc(C(=O)Nc2nnc(Cc3ccc(Cl)cc3)s2)c(OC)c1. The smallest absolute Gasteiger partial charge is 0.261 e. The molecule has 0 radical (unpaired) electrons. The number of hydrogen-bond acceptors (Lipinski definition) is 6. The van der Waals surface area contributed by atoms with Crippen molar-refractivity contribution in [3.63, 3.8) is 0 Å². The van der Waals surface area contributed by atoms with Crippen LogP contribution in [-0.2, 0) is 6.42 Å². The van der Waals surface area contributed by atoms with Crippen LogP contribution < -0.4 is 14.8 Å². The largest absolute Gasteiger partial charge is 0.497 e. The summed E-state index contributed by atoms with van der Waals surface area (Å²) in [5, 5.41) is 12.8. The van der Waals surface area contributed by atoms with E-state index in [2.05, 4.69) is 15.5 Å². The summed E-state index contributed by atoms with van der Waals surface area (Å²) in [5.74, 6) is 0.714. The van der Waals surface area contributed by atoms with E-state index >= 15 is 0 Å². The van der Waals surface area contributed by atoms with Crippen molar-refractivity contribution in [2.24, 2.45) is 0 Å².